The van der Waals surface area contributed by atoms with Crippen molar-refractivity contribution < 1.29 is 0 Å². The third-order valence-electron chi connectivity index (χ3n) is 2.11. The molecule has 0 saturated carbocycles. The summed E-state index contributed by atoms with van der Waals surface area (Å²) in [7, 11) is 0. The molecule has 58 valence electrons. The van der Waals surface area contributed by atoms with Gasteiger partial charge in [0.25, 0.3) is 0 Å². The van der Waals surface area contributed by atoms with Crippen LogP contribution in [0.2, 0.25) is 0 Å². The van der Waals surface area contributed by atoms with Crippen LogP contribution < -0.4 is 0 Å². The number of rotatable bonds is 0. The van der Waals surface area contributed by atoms with Gasteiger partial charge in [-0.25, -0.2) is 10.0 Å². The zero-order chi connectivity index (χ0) is 7.90. The van der Waals surface area contributed by atoms with E-state index in [4.69, 9.17) is 0 Å². The highest BCUT2D eigenvalue weighted by Gasteiger charge is 2.35. The van der Waals surface area contributed by atoms with E-state index < -0.39 is 0 Å². The van der Waals surface area contributed by atoms with Gasteiger partial charge in [0, 0.05) is 17.8 Å². The van der Waals surface area contributed by atoms with Crippen LogP contribution in [0.25, 0.3) is 0 Å². The molecule has 2 heterocycles. The summed E-state index contributed by atoms with van der Waals surface area (Å²) in [5.41, 5.74) is 0.142. The van der Waals surface area contributed by atoms with Crippen molar-refractivity contribution in [3.8, 4) is 0 Å². The first kappa shape index (κ1) is 6.58. The van der Waals surface area contributed by atoms with E-state index in [-0.39, 0.29) is 5.41 Å². The molecule has 0 fully saturated rings. The zero-order valence-electron chi connectivity index (χ0n) is 6.73. The van der Waals surface area contributed by atoms with Gasteiger partial charge < -0.3 is 0 Å². The first-order chi connectivity index (χ1) is 5.20. The molecule has 0 aliphatic carbocycles. The van der Waals surface area contributed by atoms with Crippen LogP contribution in [0.4, 0.5) is 0 Å². The quantitative estimate of drug-likeness (QED) is 0.509. The molecule has 0 aromatic heterocycles. The maximum absolute atomic E-state index is 4.22. The number of hydrogen-bond donors (Lipinski definition) is 0. The fourth-order valence-corrected chi connectivity index (χ4v) is 1.38. The number of hydrogen-bond acceptors (Lipinski definition) is 3. The highest BCUT2D eigenvalue weighted by molar-refractivity contribution is 5.74. The normalized spacial score (nSPS) is 31.1. The summed E-state index contributed by atoms with van der Waals surface area (Å²) in [6.07, 6.45) is 7.64. The van der Waals surface area contributed by atoms with Gasteiger partial charge in [0.15, 0.2) is 0 Å². The van der Waals surface area contributed by atoms with Crippen LogP contribution in [0, 0.1) is 5.41 Å². The second kappa shape index (κ2) is 1.94. The van der Waals surface area contributed by atoms with E-state index in [1.54, 1.807) is 6.34 Å². The Bertz CT molecular complexity index is 250. The van der Waals surface area contributed by atoms with E-state index in [1.165, 1.54) is 0 Å². The van der Waals surface area contributed by atoms with E-state index in [2.05, 4.69) is 30.0 Å². The summed E-state index contributed by atoms with van der Waals surface area (Å²) in [6, 6.07) is 0.361. The molecule has 3 heteroatoms. The number of fused-ring (bicyclic) bond motifs is 1. The molecule has 0 aromatic carbocycles. The minimum Gasteiger partial charge on any atom is -0.247 e. The highest BCUT2D eigenvalue weighted by Crippen LogP contribution is 2.30. The van der Waals surface area contributed by atoms with Gasteiger partial charge in [0.05, 0.1) is 6.04 Å². The van der Waals surface area contributed by atoms with Crippen LogP contribution in [0.3, 0.4) is 0 Å². The Morgan fingerprint density at radius 1 is 1.45 bits per heavy atom. The number of hydrazone groups is 1. The molecular formula is C8H11N3. The van der Waals surface area contributed by atoms with E-state index in [9.17, 15) is 0 Å². The predicted octanol–water partition coefficient (Wildman–Crippen LogP) is 1.24. The molecule has 2 aliphatic rings. The monoisotopic (exact) mass is 149 g/mol. The van der Waals surface area contributed by atoms with Crippen LogP contribution in [0.5, 0.6) is 0 Å². The van der Waals surface area contributed by atoms with Crippen LogP contribution in [-0.2, 0) is 0 Å². The third kappa shape index (κ3) is 0.878. The van der Waals surface area contributed by atoms with Gasteiger partial charge >= 0.3 is 0 Å². The molecule has 2 aliphatic heterocycles. The van der Waals surface area contributed by atoms with Crippen molar-refractivity contribution in [1.29, 1.82) is 0 Å². The van der Waals surface area contributed by atoms with Crippen molar-refractivity contribution in [1.82, 2.24) is 5.01 Å². The van der Waals surface area contributed by atoms with Gasteiger partial charge in [-0.3, -0.25) is 0 Å². The second-order valence-electron chi connectivity index (χ2n) is 3.50. The standard InChI is InChI=1S/C8H11N3/c1-8(2)5-10-11-6-9-4-3-7(8)11/h3-7H,1-2H3. The first-order valence-corrected chi connectivity index (χ1v) is 3.74. The van der Waals surface area contributed by atoms with Crippen molar-refractivity contribution in [2.75, 3.05) is 0 Å². The summed E-state index contributed by atoms with van der Waals surface area (Å²) in [4.78, 5) is 3.99. The van der Waals surface area contributed by atoms with Gasteiger partial charge in [-0.05, 0) is 6.08 Å². The minimum atomic E-state index is 0.142. The van der Waals surface area contributed by atoms with E-state index >= 15 is 0 Å². The third-order valence-corrected chi connectivity index (χ3v) is 2.11. The Morgan fingerprint density at radius 3 is 3.00 bits per heavy atom. The van der Waals surface area contributed by atoms with E-state index in [0.717, 1.165) is 0 Å². The van der Waals surface area contributed by atoms with Gasteiger partial charge in [-0.1, -0.05) is 13.8 Å². The minimum absolute atomic E-state index is 0.142. The van der Waals surface area contributed by atoms with Crippen LogP contribution >= 0.6 is 0 Å². The lowest BCUT2D eigenvalue weighted by molar-refractivity contribution is 0.310. The Morgan fingerprint density at radius 2 is 2.27 bits per heavy atom. The largest absolute Gasteiger partial charge is 0.247 e. The van der Waals surface area contributed by atoms with Gasteiger partial charge in [-0.2, -0.15) is 5.10 Å². The molecule has 1 unspecified atom stereocenters. The molecule has 2 rings (SSSR count). The fraction of sp³-hybridized carbons (Fsp3) is 0.500. The van der Waals surface area contributed by atoms with Crippen LogP contribution in [-0.4, -0.2) is 23.6 Å². The van der Waals surface area contributed by atoms with Crippen molar-refractivity contribution >= 4 is 12.6 Å². The number of aliphatic imine (C=N–C) groups is 1. The van der Waals surface area contributed by atoms with Gasteiger partial charge in [0.1, 0.15) is 6.34 Å². The van der Waals surface area contributed by atoms with Crippen molar-refractivity contribution in [2.24, 2.45) is 15.5 Å². The Hall–Kier alpha value is -1.12. The summed E-state index contributed by atoms with van der Waals surface area (Å²) in [5, 5.41) is 6.11. The molecule has 0 spiro atoms. The van der Waals surface area contributed by atoms with Crippen molar-refractivity contribution in [2.45, 2.75) is 19.9 Å². The molecule has 3 nitrogen and oxygen atoms in total. The molecule has 0 amide bonds. The topological polar surface area (TPSA) is 28.0 Å². The summed E-state index contributed by atoms with van der Waals surface area (Å²) in [5.74, 6) is 0. The lowest BCUT2D eigenvalue weighted by Gasteiger charge is -2.27. The van der Waals surface area contributed by atoms with Gasteiger partial charge in [-0.15, -0.1) is 0 Å². The Balaban J connectivity index is 2.32. The molecule has 0 radical (unpaired) electrons. The molecule has 0 aromatic rings. The fourth-order valence-electron chi connectivity index (χ4n) is 1.38. The maximum Gasteiger partial charge on any atom is 0.112 e. The lowest BCUT2D eigenvalue weighted by Crippen LogP contribution is -2.36. The first-order valence-electron chi connectivity index (χ1n) is 3.74. The Labute approximate surface area is 66.1 Å². The van der Waals surface area contributed by atoms with Crippen molar-refractivity contribution in [3.63, 3.8) is 0 Å². The smallest absolute Gasteiger partial charge is 0.112 e. The van der Waals surface area contributed by atoms with Crippen LogP contribution in [0.15, 0.2) is 22.4 Å². The second-order valence-corrected chi connectivity index (χ2v) is 3.50. The molecule has 11 heavy (non-hydrogen) atoms. The van der Waals surface area contributed by atoms with Gasteiger partial charge in [0.2, 0.25) is 0 Å². The van der Waals surface area contributed by atoms with E-state index in [0.29, 0.717) is 6.04 Å². The van der Waals surface area contributed by atoms with Crippen LogP contribution in [0.1, 0.15) is 13.8 Å². The van der Waals surface area contributed by atoms with E-state index in [1.807, 2.05) is 17.4 Å². The molecule has 0 saturated heterocycles. The molecule has 0 bridgehead atoms. The summed E-state index contributed by atoms with van der Waals surface area (Å²) >= 11 is 0. The predicted molar refractivity (Wildman–Crippen MR) is 45.5 cm³/mol. The molecule has 1 atom stereocenters. The van der Waals surface area contributed by atoms with Crippen molar-refractivity contribution in [3.05, 3.63) is 12.3 Å². The average Bonchev–Trinajstić information content (AvgIpc) is 2.29. The maximum atomic E-state index is 4.22. The number of nitrogens with zero attached hydrogens (tertiary/aromatic N) is 3. The lowest BCUT2D eigenvalue weighted by atomic mass is 9.86. The molecule has 0 N–H and O–H groups in total. The summed E-state index contributed by atoms with van der Waals surface area (Å²) in [6.45, 7) is 4.34. The Kier molecular flexibility index (Phi) is 1.16. The highest BCUT2D eigenvalue weighted by atomic mass is 15.5. The average molecular weight is 149 g/mol. The zero-order valence-corrected chi connectivity index (χ0v) is 6.73. The summed E-state index contributed by atoms with van der Waals surface area (Å²) < 4.78 is 0. The SMILES string of the molecule is CC1(C)C=NN2C=NC=CC21. The molecular weight excluding hydrogens is 138 g/mol.